The van der Waals surface area contributed by atoms with Crippen LogP contribution in [0.2, 0.25) is 0 Å². The minimum absolute atomic E-state index is 0.122. The van der Waals surface area contributed by atoms with Gasteiger partial charge in [-0.15, -0.1) is 0 Å². The maximum atomic E-state index is 9.15. The molecule has 2 unspecified atom stereocenters. The first kappa shape index (κ1) is 16.2. The van der Waals surface area contributed by atoms with Crippen molar-refractivity contribution in [2.75, 3.05) is 24.7 Å². The van der Waals surface area contributed by atoms with Crippen molar-refractivity contribution in [2.45, 2.75) is 51.7 Å². The predicted molar refractivity (Wildman–Crippen MR) is 72.0 cm³/mol. The third kappa shape index (κ3) is 9.46. The molecule has 0 aliphatic rings. The first-order valence-electron chi connectivity index (χ1n) is 6.34. The smallest absolute Gasteiger partial charge is 0.0861 e. The average molecular weight is 249 g/mol. The maximum absolute atomic E-state index is 9.15. The lowest BCUT2D eigenvalue weighted by atomic mass is 10.1. The van der Waals surface area contributed by atoms with E-state index in [4.69, 9.17) is 10.2 Å². The highest BCUT2D eigenvalue weighted by Crippen LogP contribution is 2.09. The minimum Gasteiger partial charge on any atom is -0.394 e. The van der Waals surface area contributed by atoms with Crippen LogP contribution in [0.1, 0.15) is 39.5 Å². The van der Waals surface area contributed by atoms with Gasteiger partial charge in [0.05, 0.1) is 12.7 Å². The Kier molecular flexibility index (Phi) is 11.9. The molecule has 0 rings (SSSR count). The third-order valence-electron chi connectivity index (χ3n) is 2.54. The van der Waals surface area contributed by atoms with E-state index in [1.165, 1.54) is 25.7 Å². The molecule has 16 heavy (non-hydrogen) atoms. The van der Waals surface area contributed by atoms with Gasteiger partial charge in [-0.25, -0.2) is 0 Å². The molecule has 0 aliphatic carbocycles. The van der Waals surface area contributed by atoms with Crippen LogP contribution in [0.4, 0.5) is 0 Å². The second-order valence-corrected chi connectivity index (χ2v) is 5.26. The predicted octanol–water partition coefficient (Wildman–Crippen LogP) is 1.63. The average Bonchev–Trinajstić information content (AvgIpc) is 2.32. The van der Waals surface area contributed by atoms with E-state index >= 15 is 0 Å². The van der Waals surface area contributed by atoms with Crippen LogP contribution in [0.5, 0.6) is 0 Å². The van der Waals surface area contributed by atoms with E-state index in [1.54, 1.807) is 11.8 Å². The highest BCUT2D eigenvalue weighted by atomic mass is 32.2. The van der Waals surface area contributed by atoms with Gasteiger partial charge in [-0.1, -0.05) is 13.8 Å². The topological polar surface area (TPSA) is 52.5 Å². The fourth-order valence-electron chi connectivity index (χ4n) is 1.50. The third-order valence-corrected chi connectivity index (χ3v) is 3.74. The SMILES string of the molecule is CCCNC(CC)CCCSCC(O)CO. The quantitative estimate of drug-likeness (QED) is 0.487. The molecule has 0 heterocycles. The van der Waals surface area contributed by atoms with Crippen molar-refractivity contribution in [3.05, 3.63) is 0 Å². The van der Waals surface area contributed by atoms with Crippen LogP contribution in [0.15, 0.2) is 0 Å². The van der Waals surface area contributed by atoms with Gasteiger partial charge in [0, 0.05) is 11.8 Å². The van der Waals surface area contributed by atoms with E-state index in [0.29, 0.717) is 11.8 Å². The Morgan fingerprint density at radius 1 is 1.31 bits per heavy atom. The number of nitrogens with one attached hydrogen (secondary N) is 1. The van der Waals surface area contributed by atoms with E-state index in [-0.39, 0.29) is 6.61 Å². The second-order valence-electron chi connectivity index (χ2n) is 4.11. The van der Waals surface area contributed by atoms with Crippen LogP contribution in [-0.2, 0) is 0 Å². The Morgan fingerprint density at radius 3 is 2.62 bits per heavy atom. The molecule has 0 fully saturated rings. The molecule has 0 aromatic rings. The molecule has 0 radical (unpaired) electrons. The molecule has 0 bridgehead atoms. The Morgan fingerprint density at radius 2 is 2.06 bits per heavy atom. The Labute approximate surface area is 104 Å². The highest BCUT2D eigenvalue weighted by molar-refractivity contribution is 7.99. The van der Waals surface area contributed by atoms with Crippen LogP contribution in [0.25, 0.3) is 0 Å². The number of aliphatic hydroxyl groups excluding tert-OH is 2. The summed E-state index contributed by atoms with van der Waals surface area (Å²) in [5.74, 6) is 1.72. The number of hydrogen-bond acceptors (Lipinski definition) is 4. The zero-order chi connectivity index (χ0) is 12.2. The van der Waals surface area contributed by atoms with Crippen molar-refractivity contribution in [3.63, 3.8) is 0 Å². The van der Waals surface area contributed by atoms with Crippen molar-refractivity contribution in [1.82, 2.24) is 5.32 Å². The molecule has 2 atom stereocenters. The van der Waals surface area contributed by atoms with E-state index in [2.05, 4.69) is 19.2 Å². The molecule has 0 amide bonds. The van der Waals surface area contributed by atoms with E-state index in [9.17, 15) is 0 Å². The number of rotatable bonds is 11. The molecule has 0 aliphatic heterocycles. The maximum Gasteiger partial charge on any atom is 0.0861 e. The fourth-order valence-corrected chi connectivity index (χ4v) is 2.42. The van der Waals surface area contributed by atoms with Crippen molar-refractivity contribution >= 4 is 11.8 Å². The molecule has 0 saturated heterocycles. The summed E-state index contributed by atoms with van der Waals surface area (Å²) in [6.07, 6.45) is 4.21. The van der Waals surface area contributed by atoms with Gasteiger partial charge in [0.2, 0.25) is 0 Å². The molecule has 0 saturated carbocycles. The molecule has 4 heteroatoms. The van der Waals surface area contributed by atoms with Crippen LogP contribution in [-0.4, -0.2) is 47.0 Å². The van der Waals surface area contributed by atoms with Crippen molar-refractivity contribution < 1.29 is 10.2 Å². The molecule has 3 nitrogen and oxygen atoms in total. The summed E-state index contributed by atoms with van der Waals surface area (Å²) in [4.78, 5) is 0. The van der Waals surface area contributed by atoms with Gasteiger partial charge in [0.15, 0.2) is 0 Å². The van der Waals surface area contributed by atoms with Crippen LogP contribution < -0.4 is 5.32 Å². The summed E-state index contributed by atoms with van der Waals surface area (Å²) in [6, 6.07) is 0.642. The lowest BCUT2D eigenvalue weighted by molar-refractivity contribution is 0.113. The largest absolute Gasteiger partial charge is 0.394 e. The molecule has 3 N–H and O–H groups in total. The normalized spacial score (nSPS) is 15.0. The number of hydrogen-bond donors (Lipinski definition) is 3. The molecule has 98 valence electrons. The Balaban J connectivity index is 3.33. The van der Waals surface area contributed by atoms with Gasteiger partial charge < -0.3 is 15.5 Å². The van der Waals surface area contributed by atoms with Gasteiger partial charge in [-0.3, -0.25) is 0 Å². The van der Waals surface area contributed by atoms with Gasteiger partial charge in [0.25, 0.3) is 0 Å². The second kappa shape index (κ2) is 11.7. The van der Waals surface area contributed by atoms with Crippen LogP contribution in [0, 0.1) is 0 Å². The zero-order valence-electron chi connectivity index (χ0n) is 10.6. The fraction of sp³-hybridized carbons (Fsp3) is 1.00. The summed E-state index contributed by atoms with van der Waals surface area (Å²) < 4.78 is 0. The molecular formula is C12H27NO2S. The van der Waals surface area contributed by atoms with E-state index in [1.807, 2.05) is 0 Å². The van der Waals surface area contributed by atoms with Gasteiger partial charge in [0.1, 0.15) is 0 Å². The molecular weight excluding hydrogens is 222 g/mol. The summed E-state index contributed by atoms with van der Waals surface area (Å²) in [6.45, 7) is 5.39. The number of thioether (sulfide) groups is 1. The molecule has 0 aromatic heterocycles. The summed E-state index contributed by atoms with van der Waals surface area (Å²) in [5.41, 5.74) is 0. The van der Waals surface area contributed by atoms with Gasteiger partial charge in [-0.05, 0) is 38.0 Å². The first-order chi connectivity index (χ1) is 7.74. The lowest BCUT2D eigenvalue weighted by Crippen LogP contribution is -2.29. The Hall–Kier alpha value is 0.230. The summed E-state index contributed by atoms with van der Waals surface area (Å²) in [5, 5.41) is 21.3. The van der Waals surface area contributed by atoms with Crippen molar-refractivity contribution in [1.29, 1.82) is 0 Å². The van der Waals surface area contributed by atoms with Crippen LogP contribution in [0.3, 0.4) is 0 Å². The molecule has 0 aromatic carbocycles. The van der Waals surface area contributed by atoms with Gasteiger partial charge >= 0.3 is 0 Å². The van der Waals surface area contributed by atoms with Crippen molar-refractivity contribution in [2.24, 2.45) is 0 Å². The number of aliphatic hydroxyl groups is 2. The standard InChI is InChI=1S/C12H27NO2S/c1-3-7-13-11(4-2)6-5-8-16-10-12(15)9-14/h11-15H,3-10H2,1-2H3. The van der Waals surface area contributed by atoms with E-state index < -0.39 is 6.10 Å². The highest BCUT2D eigenvalue weighted by Gasteiger charge is 2.05. The minimum atomic E-state index is -0.551. The summed E-state index contributed by atoms with van der Waals surface area (Å²) in [7, 11) is 0. The van der Waals surface area contributed by atoms with Crippen molar-refractivity contribution in [3.8, 4) is 0 Å². The van der Waals surface area contributed by atoms with E-state index in [0.717, 1.165) is 12.3 Å². The lowest BCUT2D eigenvalue weighted by Gasteiger charge is -2.16. The van der Waals surface area contributed by atoms with Crippen LogP contribution >= 0.6 is 11.8 Å². The first-order valence-corrected chi connectivity index (χ1v) is 7.50. The van der Waals surface area contributed by atoms with Gasteiger partial charge in [-0.2, -0.15) is 11.8 Å². The summed E-state index contributed by atoms with van der Waals surface area (Å²) >= 11 is 1.72. The molecule has 0 spiro atoms. The zero-order valence-corrected chi connectivity index (χ0v) is 11.4. The Bertz CT molecular complexity index is 147. The monoisotopic (exact) mass is 249 g/mol.